The molecule has 0 aromatic rings. The van der Waals surface area contributed by atoms with Crippen LogP contribution in [0.4, 0.5) is 0 Å². The fraction of sp³-hybridized carbons (Fsp3) is 0.714. The Morgan fingerprint density at radius 1 is 0.647 bits per heavy atom. The van der Waals surface area contributed by atoms with Gasteiger partial charge in [-0.2, -0.15) is 0 Å². The van der Waals surface area contributed by atoms with Crippen molar-refractivity contribution in [1.29, 1.82) is 0 Å². The normalized spacial score (nSPS) is 10.2. The molecule has 0 amide bonds. The van der Waals surface area contributed by atoms with Gasteiger partial charge in [-0.1, -0.05) is 0 Å². The van der Waals surface area contributed by atoms with Crippen molar-refractivity contribution in [3.8, 4) is 0 Å². The van der Waals surface area contributed by atoms with Crippen LogP contribution >= 0.6 is 0 Å². The lowest BCUT2D eigenvalue weighted by Gasteiger charge is -2.23. The Morgan fingerprint density at radius 2 is 1.03 bits per heavy atom. The van der Waals surface area contributed by atoms with E-state index in [0.717, 1.165) is 0 Å². The molecule has 0 saturated carbocycles. The highest BCUT2D eigenvalue weighted by molar-refractivity contribution is 5.90. The molecule has 0 atom stereocenters. The summed E-state index contributed by atoms with van der Waals surface area (Å²) in [7, 11) is 0. The topological polar surface area (TPSA) is 178 Å². The lowest BCUT2D eigenvalue weighted by atomic mass is 9.95. The Bertz CT molecular complexity index is 648. The van der Waals surface area contributed by atoms with Crippen LogP contribution in [0, 0.1) is 0 Å². The van der Waals surface area contributed by atoms with E-state index in [9.17, 15) is 33.9 Å². The van der Waals surface area contributed by atoms with Gasteiger partial charge in [0.05, 0.1) is 32.7 Å². The molecule has 13 heteroatoms. The Kier molecular flexibility index (Phi) is 17.7. The number of esters is 6. The van der Waals surface area contributed by atoms with E-state index in [1.165, 1.54) is 20.8 Å². The van der Waals surface area contributed by atoms with Gasteiger partial charge >= 0.3 is 35.8 Å². The van der Waals surface area contributed by atoms with Crippen molar-refractivity contribution >= 4 is 35.8 Å². The predicted octanol–water partition coefficient (Wildman–Crippen LogP) is 0.231. The lowest BCUT2D eigenvalue weighted by molar-refractivity contribution is -0.177. The zero-order valence-corrected chi connectivity index (χ0v) is 20.4. The van der Waals surface area contributed by atoms with Crippen molar-refractivity contribution in [2.75, 3.05) is 33.0 Å². The highest BCUT2D eigenvalue weighted by Crippen LogP contribution is 2.19. The zero-order chi connectivity index (χ0) is 26.7. The molecule has 0 aliphatic rings. The molecule has 0 aromatic heterocycles. The van der Waals surface area contributed by atoms with Crippen LogP contribution in [0.1, 0.15) is 54.4 Å². The molecule has 1 N–H and O–H groups in total. The molecule has 0 aliphatic carbocycles. The first kappa shape index (κ1) is 33.0. The fourth-order valence-electron chi connectivity index (χ4n) is 2.15. The summed E-state index contributed by atoms with van der Waals surface area (Å²) in [5, 5.41) is 10.1. The Morgan fingerprint density at radius 3 is 1.32 bits per heavy atom. The van der Waals surface area contributed by atoms with Crippen LogP contribution in [0.15, 0.2) is 0 Å². The molecular weight excluding hydrogens is 460 g/mol. The molecule has 0 fully saturated rings. The smallest absolute Gasteiger partial charge is 0.339 e. The van der Waals surface area contributed by atoms with E-state index in [2.05, 4.69) is 23.7 Å². The van der Waals surface area contributed by atoms with Gasteiger partial charge in [0, 0.05) is 20.8 Å². The number of hydrogen-bond donors (Lipinski definition) is 1. The molecule has 0 bridgehead atoms. The number of rotatable bonds is 13. The molecule has 0 unspecified atom stereocenters. The van der Waals surface area contributed by atoms with Crippen molar-refractivity contribution in [2.24, 2.45) is 0 Å². The van der Waals surface area contributed by atoms with E-state index in [4.69, 9.17) is 4.74 Å². The fourth-order valence-corrected chi connectivity index (χ4v) is 2.15. The second-order valence-electron chi connectivity index (χ2n) is 6.55. The first-order valence-corrected chi connectivity index (χ1v) is 10.5. The maximum absolute atomic E-state index is 11.7. The van der Waals surface area contributed by atoms with Gasteiger partial charge in [-0.05, 0) is 20.8 Å². The molecule has 0 radical (unpaired) electrons. The number of aliphatic hydroxyl groups is 1. The molecular formula is C21H34O13. The largest absolute Gasteiger partial charge is 0.466 e. The molecule has 13 nitrogen and oxygen atoms in total. The van der Waals surface area contributed by atoms with Gasteiger partial charge in [-0.25, -0.2) is 4.79 Å². The van der Waals surface area contributed by atoms with Crippen molar-refractivity contribution < 1.29 is 62.3 Å². The minimum atomic E-state index is -2.26. The van der Waals surface area contributed by atoms with Gasteiger partial charge < -0.3 is 33.5 Å². The molecule has 0 heterocycles. The van der Waals surface area contributed by atoms with E-state index in [1.54, 1.807) is 20.8 Å². The van der Waals surface area contributed by atoms with Gasteiger partial charge in [0.15, 0.2) is 11.7 Å². The quantitative estimate of drug-likeness (QED) is 0.272. The molecule has 0 rings (SSSR count). The summed E-state index contributed by atoms with van der Waals surface area (Å²) in [6.07, 6.45) is -2.06. The van der Waals surface area contributed by atoms with Crippen LogP contribution in [-0.2, 0) is 57.2 Å². The van der Waals surface area contributed by atoms with Crippen molar-refractivity contribution in [3.05, 3.63) is 0 Å². The summed E-state index contributed by atoms with van der Waals surface area (Å²) in [6, 6.07) is 0. The Hall–Kier alpha value is -3.22. The number of ether oxygens (including phenoxy) is 6. The summed E-state index contributed by atoms with van der Waals surface area (Å²) in [5.74, 6) is -4.13. The molecule has 0 aromatic carbocycles. The van der Waals surface area contributed by atoms with Crippen molar-refractivity contribution in [1.82, 2.24) is 0 Å². The first-order chi connectivity index (χ1) is 15.8. The minimum Gasteiger partial charge on any atom is -0.466 e. The zero-order valence-electron chi connectivity index (χ0n) is 20.4. The lowest BCUT2D eigenvalue weighted by Crippen LogP contribution is -2.44. The third kappa shape index (κ3) is 17.3. The number of hydrogen-bond acceptors (Lipinski definition) is 13. The number of carbonyl (C=O) groups is 6. The van der Waals surface area contributed by atoms with Crippen LogP contribution < -0.4 is 0 Å². The van der Waals surface area contributed by atoms with E-state index in [0.29, 0.717) is 0 Å². The third-order valence-electron chi connectivity index (χ3n) is 3.42. The summed E-state index contributed by atoms with van der Waals surface area (Å²) in [4.78, 5) is 66.0. The van der Waals surface area contributed by atoms with Gasteiger partial charge in [-0.3, -0.25) is 24.0 Å². The number of carbonyl (C=O) groups excluding carboxylic acids is 6. The van der Waals surface area contributed by atoms with E-state index >= 15 is 0 Å². The summed E-state index contributed by atoms with van der Waals surface area (Å²) in [5.41, 5.74) is -2.26. The molecule has 34 heavy (non-hydrogen) atoms. The van der Waals surface area contributed by atoms with Gasteiger partial charge in [-0.15, -0.1) is 0 Å². The van der Waals surface area contributed by atoms with Gasteiger partial charge in [0.1, 0.15) is 13.2 Å². The average molecular weight is 494 g/mol. The SMILES string of the molecule is CC(=O)OCC(COC(C)=O)OC(C)=O.CCOC(=O)CC(O)(CC(=O)OCC)C(=O)OCC. The summed E-state index contributed by atoms with van der Waals surface area (Å²) in [6.45, 7) is 8.40. The average Bonchev–Trinajstić information content (AvgIpc) is 2.70. The van der Waals surface area contributed by atoms with Crippen LogP contribution in [0.3, 0.4) is 0 Å². The molecule has 0 aliphatic heterocycles. The van der Waals surface area contributed by atoms with Crippen LogP contribution in [0.5, 0.6) is 0 Å². The highest BCUT2D eigenvalue weighted by atomic mass is 16.6. The predicted molar refractivity (Wildman–Crippen MR) is 113 cm³/mol. The summed E-state index contributed by atoms with van der Waals surface area (Å²) >= 11 is 0. The summed E-state index contributed by atoms with van der Waals surface area (Å²) < 4.78 is 28.0. The van der Waals surface area contributed by atoms with Crippen LogP contribution in [-0.4, -0.2) is 85.7 Å². The monoisotopic (exact) mass is 494 g/mol. The third-order valence-corrected chi connectivity index (χ3v) is 3.42. The van der Waals surface area contributed by atoms with Gasteiger partial charge in [0.2, 0.25) is 0 Å². The maximum Gasteiger partial charge on any atom is 0.339 e. The molecule has 0 saturated heterocycles. The standard InChI is InChI=1S/C12H20O7.C9H14O6/c1-4-17-9(13)7-12(16,11(15)19-6-3)8-10(14)18-5-2;1-6(10)13-4-9(15-8(3)12)5-14-7(2)11/h16H,4-8H2,1-3H3;9H,4-5H2,1-3H3. The maximum atomic E-state index is 11.7. The minimum absolute atomic E-state index is 0.0206. The van der Waals surface area contributed by atoms with Gasteiger partial charge in [0.25, 0.3) is 0 Å². The van der Waals surface area contributed by atoms with E-state index < -0.39 is 60.4 Å². The van der Waals surface area contributed by atoms with Crippen molar-refractivity contribution in [2.45, 2.75) is 66.1 Å². The van der Waals surface area contributed by atoms with E-state index in [-0.39, 0.29) is 33.0 Å². The van der Waals surface area contributed by atoms with Crippen LogP contribution in [0.2, 0.25) is 0 Å². The second-order valence-corrected chi connectivity index (χ2v) is 6.55. The Balaban J connectivity index is 0. The van der Waals surface area contributed by atoms with E-state index in [1.807, 2.05) is 0 Å². The molecule has 0 spiro atoms. The molecule has 196 valence electrons. The first-order valence-electron chi connectivity index (χ1n) is 10.5. The van der Waals surface area contributed by atoms with Crippen molar-refractivity contribution in [3.63, 3.8) is 0 Å². The highest BCUT2D eigenvalue weighted by Gasteiger charge is 2.43. The van der Waals surface area contributed by atoms with Crippen LogP contribution in [0.25, 0.3) is 0 Å². The second kappa shape index (κ2) is 18.2. The Labute approximate surface area is 197 Å².